The minimum Gasteiger partial charge on any atom is -0.369 e. The molecule has 1 heterocycles. The molecular formula is C13H16FN3. The number of fused-ring (bicyclic) bond motifs is 1. The third-order valence-electron chi connectivity index (χ3n) is 3.56. The van der Waals surface area contributed by atoms with Crippen LogP contribution in [-0.4, -0.2) is 9.55 Å². The Hall–Kier alpha value is -1.58. The molecule has 17 heavy (non-hydrogen) atoms. The summed E-state index contributed by atoms with van der Waals surface area (Å²) in [6.07, 6.45) is 3.53. The van der Waals surface area contributed by atoms with Gasteiger partial charge in [0.05, 0.1) is 11.0 Å². The zero-order valence-electron chi connectivity index (χ0n) is 9.86. The molecule has 1 aromatic heterocycles. The third kappa shape index (κ3) is 1.68. The van der Waals surface area contributed by atoms with Crippen LogP contribution in [-0.2, 0) is 0 Å². The maximum atomic E-state index is 13.3. The second-order valence-corrected chi connectivity index (χ2v) is 4.82. The van der Waals surface area contributed by atoms with E-state index < -0.39 is 0 Å². The van der Waals surface area contributed by atoms with Gasteiger partial charge >= 0.3 is 0 Å². The van der Waals surface area contributed by atoms with Crippen LogP contribution in [0.5, 0.6) is 0 Å². The Morgan fingerprint density at radius 3 is 3.12 bits per heavy atom. The highest BCUT2D eigenvalue weighted by atomic mass is 19.1. The van der Waals surface area contributed by atoms with E-state index in [1.54, 1.807) is 6.07 Å². The maximum absolute atomic E-state index is 13.3. The van der Waals surface area contributed by atoms with E-state index in [0.29, 0.717) is 17.9 Å². The van der Waals surface area contributed by atoms with E-state index in [2.05, 4.69) is 11.9 Å². The summed E-state index contributed by atoms with van der Waals surface area (Å²) < 4.78 is 15.3. The van der Waals surface area contributed by atoms with Crippen molar-refractivity contribution in [1.29, 1.82) is 0 Å². The van der Waals surface area contributed by atoms with Gasteiger partial charge in [0.1, 0.15) is 5.82 Å². The number of nitrogens with two attached hydrogens (primary N) is 1. The summed E-state index contributed by atoms with van der Waals surface area (Å²) in [6.45, 7) is 2.18. The lowest BCUT2D eigenvalue weighted by Crippen LogP contribution is -2.02. The molecule has 0 bridgehead atoms. The Labute approximate surface area is 99.4 Å². The van der Waals surface area contributed by atoms with E-state index in [1.807, 2.05) is 4.57 Å². The lowest BCUT2D eigenvalue weighted by atomic mass is 10.2. The number of hydrogen-bond acceptors (Lipinski definition) is 2. The Morgan fingerprint density at radius 1 is 1.53 bits per heavy atom. The van der Waals surface area contributed by atoms with E-state index in [-0.39, 0.29) is 5.82 Å². The molecular weight excluding hydrogens is 217 g/mol. The van der Waals surface area contributed by atoms with Gasteiger partial charge in [0, 0.05) is 6.04 Å². The average molecular weight is 233 g/mol. The van der Waals surface area contributed by atoms with Crippen molar-refractivity contribution in [3.63, 3.8) is 0 Å². The minimum absolute atomic E-state index is 0.230. The van der Waals surface area contributed by atoms with Crippen molar-refractivity contribution >= 4 is 17.0 Å². The van der Waals surface area contributed by atoms with Gasteiger partial charge in [-0.3, -0.25) is 0 Å². The van der Waals surface area contributed by atoms with E-state index in [0.717, 1.165) is 17.5 Å². The molecule has 1 fully saturated rings. The van der Waals surface area contributed by atoms with Crippen LogP contribution in [0.1, 0.15) is 32.2 Å². The molecule has 2 aromatic rings. The third-order valence-corrected chi connectivity index (χ3v) is 3.56. The van der Waals surface area contributed by atoms with Gasteiger partial charge in [-0.25, -0.2) is 9.37 Å². The molecule has 2 unspecified atom stereocenters. The smallest absolute Gasteiger partial charge is 0.201 e. The molecule has 1 aliphatic carbocycles. The molecule has 1 aromatic carbocycles. The van der Waals surface area contributed by atoms with Crippen LogP contribution in [0.15, 0.2) is 18.2 Å². The van der Waals surface area contributed by atoms with Crippen LogP contribution in [0.25, 0.3) is 11.0 Å². The van der Waals surface area contributed by atoms with Crippen molar-refractivity contribution in [2.24, 2.45) is 5.92 Å². The molecule has 90 valence electrons. The van der Waals surface area contributed by atoms with Gasteiger partial charge in [-0.1, -0.05) is 13.3 Å². The van der Waals surface area contributed by atoms with E-state index in [1.165, 1.54) is 25.0 Å². The van der Waals surface area contributed by atoms with Crippen molar-refractivity contribution in [1.82, 2.24) is 9.55 Å². The first-order valence-electron chi connectivity index (χ1n) is 6.13. The summed E-state index contributed by atoms with van der Waals surface area (Å²) in [6, 6.07) is 5.06. The fourth-order valence-electron chi connectivity index (χ4n) is 2.66. The first kappa shape index (κ1) is 10.6. The molecule has 0 amide bonds. The normalized spacial score (nSPS) is 23.2. The van der Waals surface area contributed by atoms with Crippen LogP contribution in [0.3, 0.4) is 0 Å². The van der Waals surface area contributed by atoms with Crippen LogP contribution < -0.4 is 5.73 Å². The van der Waals surface area contributed by atoms with Crippen LogP contribution in [0, 0.1) is 11.7 Å². The molecule has 0 spiro atoms. The molecule has 3 rings (SSSR count). The van der Waals surface area contributed by atoms with Crippen LogP contribution >= 0.6 is 0 Å². The van der Waals surface area contributed by atoms with Crippen molar-refractivity contribution in [3.05, 3.63) is 24.0 Å². The number of aromatic nitrogens is 2. The maximum Gasteiger partial charge on any atom is 0.201 e. The van der Waals surface area contributed by atoms with Gasteiger partial charge < -0.3 is 10.3 Å². The lowest BCUT2D eigenvalue weighted by Gasteiger charge is -2.05. The molecule has 1 saturated carbocycles. The zero-order valence-corrected chi connectivity index (χ0v) is 9.86. The minimum atomic E-state index is -0.230. The second-order valence-electron chi connectivity index (χ2n) is 4.82. The zero-order chi connectivity index (χ0) is 12.0. The SMILES string of the molecule is CCCC1CC1n1c(N)nc2ccc(F)cc21. The highest BCUT2D eigenvalue weighted by Gasteiger charge is 2.39. The largest absolute Gasteiger partial charge is 0.369 e. The number of rotatable bonds is 3. The summed E-state index contributed by atoms with van der Waals surface area (Å²) in [5.74, 6) is 0.962. The summed E-state index contributed by atoms with van der Waals surface area (Å²) in [4.78, 5) is 4.28. The molecule has 0 saturated heterocycles. The lowest BCUT2D eigenvalue weighted by molar-refractivity contribution is 0.615. The topological polar surface area (TPSA) is 43.8 Å². The fourth-order valence-corrected chi connectivity index (χ4v) is 2.66. The van der Waals surface area contributed by atoms with E-state index in [4.69, 9.17) is 5.73 Å². The number of nitrogen functional groups attached to an aromatic ring is 1. The number of imidazole rings is 1. The van der Waals surface area contributed by atoms with Crippen LogP contribution in [0.2, 0.25) is 0 Å². The standard InChI is InChI=1S/C13H16FN3/c1-2-3-8-6-11(8)17-12-7-9(14)4-5-10(12)16-13(17)15/h4-5,7-8,11H,2-3,6H2,1H3,(H2,15,16). The number of nitrogens with zero attached hydrogens (tertiary/aromatic N) is 2. The van der Waals surface area contributed by atoms with Gasteiger partial charge in [-0.05, 0) is 37.0 Å². The van der Waals surface area contributed by atoms with E-state index in [9.17, 15) is 4.39 Å². The van der Waals surface area contributed by atoms with Crippen molar-refractivity contribution < 1.29 is 4.39 Å². The summed E-state index contributed by atoms with van der Waals surface area (Å²) in [5, 5.41) is 0. The van der Waals surface area contributed by atoms with Crippen molar-refractivity contribution in [2.75, 3.05) is 5.73 Å². The van der Waals surface area contributed by atoms with E-state index >= 15 is 0 Å². The summed E-state index contributed by atoms with van der Waals surface area (Å²) in [5.41, 5.74) is 7.54. The predicted octanol–water partition coefficient (Wildman–Crippen LogP) is 3.12. The van der Waals surface area contributed by atoms with Gasteiger partial charge in [0.15, 0.2) is 0 Å². The first-order valence-corrected chi connectivity index (χ1v) is 6.13. The highest BCUT2D eigenvalue weighted by Crippen LogP contribution is 2.48. The Balaban J connectivity index is 2.04. The Bertz CT molecular complexity index is 561. The van der Waals surface area contributed by atoms with Gasteiger partial charge in [0.2, 0.25) is 5.95 Å². The molecule has 0 aliphatic heterocycles. The highest BCUT2D eigenvalue weighted by molar-refractivity contribution is 5.78. The molecule has 2 N–H and O–H groups in total. The number of benzene rings is 1. The molecule has 0 radical (unpaired) electrons. The molecule has 4 heteroatoms. The number of hydrogen-bond donors (Lipinski definition) is 1. The molecule has 2 atom stereocenters. The van der Waals surface area contributed by atoms with Crippen LogP contribution in [0.4, 0.5) is 10.3 Å². The summed E-state index contributed by atoms with van der Waals surface area (Å²) >= 11 is 0. The Kier molecular flexibility index (Phi) is 2.31. The summed E-state index contributed by atoms with van der Waals surface area (Å²) in [7, 11) is 0. The quantitative estimate of drug-likeness (QED) is 0.885. The van der Waals surface area contributed by atoms with Gasteiger partial charge in [0.25, 0.3) is 0 Å². The predicted molar refractivity (Wildman–Crippen MR) is 66.2 cm³/mol. The Morgan fingerprint density at radius 2 is 2.35 bits per heavy atom. The number of anilines is 1. The average Bonchev–Trinajstić information content (AvgIpc) is 2.94. The van der Waals surface area contributed by atoms with Gasteiger partial charge in [-0.15, -0.1) is 0 Å². The van der Waals surface area contributed by atoms with Gasteiger partial charge in [-0.2, -0.15) is 0 Å². The first-order chi connectivity index (χ1) is 8.20. The fraction of sp³-hybridized carbons (Fsp3) is 0.462. The van der Waals surface area contributed by atoms with Crippen molar-refractivity contribution in [3.8, 4) is 0 Å². The monoisotopic (exact) mass is 233 g/mol. The molecule has 3 nitrogen and oxygen atoms in total. The number of halogens is 1. The van der Waals surface area contributed by atoms with Crippen molar-refractivity contribution in [2.45, 2.75) is 32.2 Å². The second kappa shape index (κ2) is 3.72. The molecule has 1 aliphatic rings.